The van der Waals surface area contributed by atoms with Crippen molar-refractivity contribution >= 4 is 0 Å². The van der Waals surface area contributed by atoms with Crippen LogP contribution in [0.15, 0.2) is 36.9 Å². The summed E-state index contributed by atoms with van der Waals surface area (Å²) in [7, 11) is 1.67. The second-order valence-electron chi connectivity index (χ2n) is 7.25. The summed E-state index contributed by atoms with van der Waals surface area (Å²) in [6, 6.07) is 8.01. The molecule has 2 fully saturated rings. The van der Waals surface area contributed by atoms with Crippen molar-refractivity contribution in [1.29, 1.82) is 0 Å². The zero-order chi connectivity index (χ0) is 17.7. The Kier molecular flexibility index (Phi) is 6.15. The molecule has 4 heteroatoms. The number of hydrogen-bond acceptors (Lipinski definition) is 4. The van der Waals surface area contributed by atoms with Crippen LogP contribution in [0.2, 0.25) is 0 Å². The molecule has 0 amide bonds. The zero-order valence-electron chi connectivity index (χ0n) is 15.2. The molecule has 1 aromatic carbocycles. The number of methoxy groups -OCH3 is 1. The maximum absolute atomic E-state index is 10.0. The van der Waals surface area contributed by atoms with Crippen molar-refractivity contribution in [3.63, 3.8) is 0 Å². The summed E-state index contributed by atoms with van der Waals surface area (Å²) in [5.41, 5.74) is 1.15. The van der Waals surface area contributed by atoms with Crippen molar-refractivity contribution in [2.75, 3.05) is 20.3 Å². The predicted octanol–water partition coefficient (Wildman–Crippen LogP) is 3.72. The SMILES string of the molecule is C=C[C@@H]([C@@H](CO)Cc1cccc(OC)c1)[C@H]1COC2(CCCCC2)O1. The molecule has 3 rings (SSSR count). The molecule has 3 atom stereocenters. The molecule has 1 aromatic rings. The maximum atomic E-state index is 10.0. The van der Waals surface area contributed by atoms with E-state index in [0.29, 0.717) is 6.61 Å². The average Bonchev–Trinajstić information content (AvgIpc) is 3.05. The Labute approximate surface area is 150 Å². The summed E-state index contributed by atoms with van der Waals surface area (Å²) in [5, 5.41) is 10.0. The van der Waals surface area contributed by atoms with Crippen molar-refractivity contribution in [3.8, 4) is 5.75 Å². The Balaban J connectivity index is 1.68. The van der Waals surface area contributed by atoms with Crippen molar-refractivity contribution in [2.45, 2.75) is 50.4 Å². The molecule has 0 radical (unpaired) electrons. The molecule has 1 saturated heterocycles. The van der Waals surface area contributed by atoms with Gasteiger partial charge in [-0.1, -0.05) is 24.6 Å². The van der Waals surface area contributed by atoms with Crippen molar-refractivity contribution in [1.82, 2.24) is 0 Å². The third kappa shape index (κ3) is 4.25. The summed E-state index contributed by atoms with van der Waals surface area (Å²) >= 11 is 0. The highest BCUT2D eigenvalue weighted by atomic mass is 16.7. The van der Waals surface area contributed by atoms with Crippen molar-refractivity contribution < 1.29 is 19.3 Å². The average molecular weight is 346 g/mol. The van der Waals surface area contributed by atoms with Gasteiger partial charge in [-0.25, -0.2) is 0 Å². The molecule has 2 aliphatic rings. The van der Waals surface area contributed by atoms with E-state index in [1.54, 1.807) is 7.11 Å². The van der Waals surface area contributed by atoms with Gasteiger partial charge < -0.3 is 19.3 Å². The minimum atomic E-state index is -0.389. The monoisotopic (exact) mass is 346 g/mol. The number of hydrogen-bond donors (Lipinski definition) is 1. The van der Waals surface area contributed by atoms with Crippen LogP contribution < -0.4 is 4.74 Å². The number of ether oxygens (including phenoxy) is 3. The topological polar surface area (TPSA) is 47.9 Å². The van der Waals surface area contributed by atoms with E-state index < -0.39 is 0 Å². The number of benzene rings is 1. The van der Waals surface area contributed by atoms with E-state index >= 15 is 0 Å². The molecular weight excluding hydrogens is 316 g/mol. The van der Waals surface area contributed by atoms with Gasteiger partial charge >= 0.3 is 0 Å². The summed E-state index contributed by atoms with van der Waals surface area (Å²) in [6.45, 7) is 4.70. The van der Waals surface area contributed by atoms with Gasteiger partial charge in [0.1, 0.15) is 5.75 Å². The fraction of sp³-hybridized carbons (Fsp3) is 0.619. The smallest absolute Gasteiger partial charge is 0.168 e. The van der Waals surface area contributed by atoms with Crippen molar-refractivity contribution in [3.05, 3.63) is 42.5 Å². The highest BCUT2D eigenvalue weighted by Gasteiger charge is 2.45. The Morgan fingerprint density at radius 2 is 2.16 bits per heavy atom. The Morgan fingerprint density at radius 1 is 1.36 bits per heavy atom. The molecule has 25 heavy (non-hydrogen) atoms. The summed E-state index contributed by atoms with van der Waals surface area (Å²) in [6.07, 6.45) is 8.21. The maximum Gasteiger partial charge on any atom is 0.168 e. The summed E-state index contributed by atoms with van der Waals surface area (Å²) in [4.78, 5) is 0. The lowest BCUT2D eigenvalue weighted by molar-refractivity contribution is -0.191. The molecule has 1 saturated carbocycles. The highest BCUT2D eigenvalue weighted by molar-refractivity contribution is 5.28. The molecule has 0 unspecified atom stereocenters. The fourth-order valence-electron chi connectivity index (χ4n) is 4.19. The summed E-state index contributed by atoms with van der Waals surface area (Å²) in [5.74, 6) is 0.570. The van der Waals surface area contributed by atoms with E-state index in [4.69, 9.17) is 14.2 Å². The van der Waals surface area contributed by atoms with E-state index in [9.17, 15) is 5.11 Å². The van der Waals surface area contributed by atoms with Gasteiger partial charge in [0, 0.05) is 25.4 Å². The van der Waals surface area contributed by atoms with Crippen LogP contribution in [0, 0.1) is 11.8 Å². The van der Waals surface area contributed by atoms with Gasteiger partial charge in [-0.05, 0) is 42.9 Å². The lowest BCUT2D eigenvalue weighted by atomic mass is 9.83. The molecular formula is C21H30O4. The van der Waals surface area contributed by atoms with Gasteiger partial charge in [0.25, 0.3) is 0 Å². The third-order valence-corrected chi connectivity index (χ3v) is 5.60. The van der Waals surface area contributed by atoms with Crippen LogP contribution >= 0.6 is 0 Å². The lowest BCUT2D eigenvalue weighted by Gasteiger charge is -2.33. The van der Waals surface area contributed by atoms with Crippen LogP contribution in [0.4, 0.5) is 0 Å². The van der Waals surface area contributed by atoms with E-state index in [1.807, 2.05) is 24.3 Å². The molecule has 1 heterocycles. The molecule has 138 valence electrons. The molecule has 1 spiro atoms. The minimum absolute atomic E-state index is 0.0293. The Hall–Kier alpha value is -1.36. The number of rotatable bonds is 7. The predicted molar refractivity (Wildman–Crippen MR) is 97.6 cm³/mol. The van der Waals surface area contributed by atoms with Crippen LogP contribution in [-0.4, -0.2) is 37.3 Å². The van der Waals surface area contributed by atoms with E-state index in [2.05, 4.69) is 12.6 Å². The van der Waals surface area contributed by atoms with Gasteiger partial charge in [-0.2, -0.15) is 0 Å². The van der Waals surface area contributed by atoms with Gasteiger partial charge in [0.2, 0.25) is 0 Å². The zero-order valence-corrected chi connectivity index (χ0v) is 15.2. The first kappa shape index (κ1) is 18.4. The van der Waals surface area contributed by atoms with Gasteiger partial charge in [0.15, 0.2) is 5.79 Å². The lowest BCUT2D eigenvalue weighted by Crippen LogP contribution is -2.36. The first-order chi connectivity index (χ1) is 12.2. The first-order valence-electron chi connectivity index (χ1n) is 9.38. The highest BCUT2D eigenvalue weighted by Crippen LogP contribution is 2.41. The Morgan fingerprint density at radius 3 is 2.84 bits per heavy atom. The van der Waals surface area contributed by atoms with Gasteiger partial charge in [-0.3, -0.25) is 0 Å². The molecule has 0 aromatic heterocycles. The van der Waals surface area contributed by atoms with Crippen LogP contribution in [0.25, 0.3) is 0 Å². The van der Waals surface area contributed by atoms with Crippen molar-refractivity contribution in [2.24, 2.45) is 11.8 Å². The van der Waals surface area contributed by atoms with E-state index in [1.165, 1.54) is 19.3 Å². The molecule has 0 bridgehead atoms. The first-order valence-corrected chi connectivity index (χ1v) is 9.38. The second-order valence-corrected chi connectivity index (χ2v) is 7.25. The van der Waals surface area contributed by atoms with E-state index in [0.717, 1.165) is 30.6 Å². The van der Waals surface area contributed by atoms with E-state index in [-0.39, 0.29) is 30.3 Å². The largest absolute Gasteiger partial charge is 0.497 e. The normalized spacial score (nSPS) is 24.8. The molecule has 1 aliphatic heterocycles. The molecule has 1 aliphatic carbocycles. The van der Waals surface area contributed by atoms with Crippen LogP contribution in [0.1, 0.15) is 37.7 Å². The van der Waals surface area contributed by atoms with Crippen LogP contribution in [0.3, 0.4) is 0 Å². The number of aliphatic hydroxyl groups excluding tert-OH is 1. The van der Waals surface area contributed by atoms with Crippen LogP contribution in [-0.2, 0) is 15.9 Å². The molecule has 1 N–H and O–H groups in total. The number of aliphatic hydroxyl groups is 1. The molecule has 4 nitrogen and oxygen atoms in total. The standard InChI is InChI=1S/C21H30O4/c1-3-19(20-15-24-21(25-20)10-5-4-6-11-21)17(14-22)12-16-8-7-9-18(13-16)23-2/h3,7-9,13,17,19-20,22H,1,4-6,10-12,14-15H2,2H3/t17-,19+,20-/m1/s1. The summed E-state index contributed by atoms with van der Waals surface area (Å²) < 4.78 is 17.8. The third-order valence-electron chi connectivity index (χ3n) is 5.60. The minimum Gasteiger partial charge on any atom is -0.497 e. The fourth-order valence-corrected chi connectivity index (χ4v) is 4.19. The van der Waals surface area contributed by atoms with Gasteiger partial charge in [0.05, 0.1) is 19.8 Å². The quantitative estimate of drug-likeness (QED) is 0.765. The van der Waals surface area contributed by atoms with Gasteiger partial charge in [-0.15, -0.1) is 6.58 Å². The Bertz CT molecular complexity index is 565. The van der Waals surface area contributed by atoms with Crippen LogP contribution in [0.5, 0.6) is 5.75 Å². The second kappa shape index (κ2) is 8.35.